The molecule has 1 fully saturated rings. The summed E-state index contributed by atoms with van der Waals surface area (Å²) in [7, 11) is 0. The second-order valence-electron chi connectivity index (χ2n) is 4.01. The van der Waals surface area contributed by atoms with Gasteiger partial charge < -0.3 is 9.84 Å². The van der Waals surface area contributed by atoms with E-state index in [0.29, 0.717) is 12.2 Å². The molecule has 0 aromatic rings. The van der Waals surface area contributed by atoms with Gasteiger partial charge in [-0.25, -0.2) is 0 Å². The monoisotopic (exact) mass is 170 g/mol. The van der Waals surface area contributed by atoms with Crippen LogP contribution in [-0.4, -0.2) is 22.9 Å². The topological polar surface area (TPSA) is 32.8 Å². The van der Waals surface area contributed by atoms with Gasteiger partial charge in [-0.1, -0.05) is 12.2 Å². The van der Waals surface area contributed by atoms with Crippen LogP contribution in [0.4, 0.5) is 0 Å². The molecule has 2 unspecified atom stereocenters. The normalized spacial score (nSPS) is 29.7. The van der Waals surface area contributed by atoms with Gasteiger partial charge in [0, 0.05) is 0 Å². The van der Waals surface area contributed by atoms with Gasteiger partial charge in [0.2, 0.25) is 0 Å². The highest BCUT2D eigenvalue weighted by atomic mass is 16.6. The predicted molar refractivity (Wildman–Crippen MR) is 49.0 cm³/mol. The number of epoxide rings is 1. The van der Waals surface area contributed by atoms with Crippen LogP contribution in [0.25, 0.3) is 0 Å². The van der Waals surface area contributed by atoms with Crippen LogP contribution < -0.4 is 0 Å². The van der Waals surface area contributed by atoms with Crippen LogP contribution in [0, 0.1) is 0 Å². The second kappa shape index (κ2) is 3.58. The van der Waals surface area contributed by atoms with Crippen molar-refractivity contribution in [2.45, 2.75) is 51.4 Å². The van der Waals surface area contributed by atoms with E-state index in [1.54, 1.807) is 13.8 Å². The lowest BCUT2D eigenvalue weighted by Gasteiger charge is -2.09. The maximum atomic E-state index is 9.33. The smallest absolute Gasteiger partial charge is 0.0842 e. The summed E-state index contributed by atoms with van der Waals surface area (Å²) in [4.78, 5) is 0. The molecule has 1 aliphatic heterocycles. The Balaban J connectivity index is 2.06. The molecule has 0 spiro atoms. The van der Waals surface area contributed by atoms with Crippen LogP contribution in [0.3, 0.4) is 0 Å². The predicted octanol–water partition coefficient (Wildman–Crippen LogP) is 1.88. The first-order valence-corrected chi connectivity index (χ1v) is 4.54. The van der Waals surface area contributed by atoms with E-state index in [1.165, 1.54) is 0 Å². The average Bonchev–Trinajstić information content (AvgIpc) is 2.57. The minimum atomic E-state index is -0.671. The summed E-state index contributed by atoms with van der Waals surface area (Å²) in [6, 6.07) is 0. The zero-order valence-electron chi connectivity index (χ0n) is 8.08. The largest absolute Gasteiger partial charge is 0.386 e. The number of allylic oxidation sites excluding steroid dienone is 1. The van der Waals surface area contributed by atoms with E-state index in [0.717, 1.165) is 12.8 Å². The van der Waals surface area contributed by atoms with Crippen LogP contribution >= 0.6 is 0 Å². The SMILES string of the molecule is CC1OC1CCC=CC(C)(C)O. The molecule has 12 heavy (non-hydrogen) atoms. The molecule has 2 nitrogen and oxygen atoms in total. The third-order valence-electron chi connectivity index (χ3n) is 1.98. The van der Waals surface area contributed by atoms with Crippen molar-refractivity contribution < 1.29 is 9.84 Å². The molecule has 2 heteroatoms. The lowest BCUT2D eigenvalue weighted by atomic mass is 10.1. The highest BCUT2D eigenvalue weighted by molar-refractivity contribution is 4.96. The highest BCUT2D eigenvalue weighted by Gasteiger charge is 2.32. The van der Waals surface area contributed by atoms with E-state index >= 15 is 0 Å². The summed E-state index contributed by atoms with van der Waals surface area (Å²) in [6.07, 6.45) is 6.86. The van der Waals surface area contributed by atoms with E-state index in [2.05, 4.69) is 6.92 Å². The number of aliphatic hydroxyl groups is 1. The molecule has 0 aromatic heterocycles. The molecular weight excluding hydrogens is 152 g/mol. The van der Waals surface area contributed by atoms with Gasteiger partial charge in [0.25, 0.3) is 0 Å². The molecule has 1 rings (SSSR count). The zero-order valence-corrected chi connectivity index (χ0v) is 8.08. The van der Waals surface area contributed by atoms with E-state index in [1.807, 2.05) is 12.2 Å². The maximum absolute atomic E-state index is 9.33. The summed E-state index contributed by atoms with van der Waals surface area (Å²) in [5.74, 6) is 0. The molecule has 1 heterocycles. The van der Waals surface area contributed by atoms with Crippen LogP contribution in [0.15, 0.2) is 12.2 Å². The van der Waals surface area contributed by atoms with Crippen molar-refractivity contribution in [1.82, 2.24) is 0 Å². The van der Waals surface area contributed by atoms with Crippen molar-refractivity contribution in [3.8, 4) is 0 Å². The van der Waals surface area contributed by atoms with Crippen molar-refractivity contribution >= 4 is 0 Å². The number of rotatable bonds is 4. The summed E-state index contributed by atoms with van der Waals surface area (Å²) < 4.78 is 5.25. The van der Waals surface area contributed by atoms with E-state index < -0.39 is 5.60 Å². The van der Waals surface area contributed by atoms with Gasteiger partial charge in [-0.3, -0.25) is 0 Å². The summed E-state index contributed by atoms with van der Waals surface area (Å²) in [5, 5.41) is 9.33. The Hall–Kier alpha value is -0.340. The standard InChI is InChI=1S/C10H18O2/c1-8-9(12-8)6-4-5-7-10(2,3)11/h5,7-9,11H,4,6H2,1-3H3. The first kappa shape index (κ1) is 9.75. The number of hydrogen-bond donors (Lipinski definition) is 1. The lowest BCUT2D eigenvalue weighted by molar-refractivity contribution is 0.133. The van der Waals surface area contributed by atoms with Crippen molar-refractivity contribution in [3.05, 3.63) is 12.2 Å². The van der Waals surface area contributed by atoms with Crippen LogP contribution in [-0.2, 0) is 4.74 Å². The maximum Gasteiger partial charge on any atom is 0.0842 e. The summed E-state index contributed by atoms with van der Waals surface area (Å²) in [6.45, 7) is 5.64. The average molecular weight is 170 g/mol. The molecule has 0 radical (unpaired) electrons. The number of hydrogen-bond acceptors (Lipinski definition) is 2. The molecule has 1 saturated heterocycles. The Kier molecular flexibility index (Phi) is 2.91. The minimum absolute atomic E-state index is 0.459. The van der Waals surface area contributed by atoms with Gasteiger partial charge >= 0.3 is 0 Å². The first-order chi connectivity index (χ1) is 5.49. The molecule has 1 N–H and O–H groups in total. The van der Waals surface area contributed by atoms with Crippen LogP contribution in [0.2, 0.25) is 0 Å². The second-order valence-corrected chi connectivity index (χ2v) is 4.01. The highest BCUT2D eigenvalue weighted by Crippen LogP contribution is 2.25. The van der Waals surface area contributed by atoms with Crippen molar-refractivity contribution in [1.29, 1.82) is 0 Å². The third-order valence-corrected chi connectivity index (χ3v) is 1.98. The fourth-order valence-corrected chi connectivity index (χ4v) is 1.17. The van der Waals surface area contributed by atoms with E-state index in [9.17, 15) is 5.11 Å². The fraction of sp³-hybridized carbons (Fsp3) is 0.800. The number of ether oxygens (including phenoxy) is 1. The molecular formula is C10H18O2. The first-order valence-electron chi connectivity index (χ1n) is 4.54. The Morgan fingerprint density at radius 3 is 2.50 bits per heavy atom. The molecule has 70 valence electrons. The van der Waals surface area contributed by atoms with Crippen LogP contribution in [0.1, 0.15) is 33.6 Å². The van der Waals surface area contributed by atoms with Gasteiger partial charge in [0.05, 0.1) is 17.8 Å². The summed E-state index contributed by atoms with van der Waals surface area (Å²) in [5.41, 5.74) is -0.671. The quantitative estimate of drug-likeness (QED) is 0.516. The van der Waals surface area contributed by atoms with Gasteiger partial charge in [0.15, 0.2) is 0 Å². The fourth-order valence-electron chi connectivity index (χ4n) is 1.17. The van der Waals surface area contributed by atoms with Gasteiger partial charge in [-0.15, -0.1) is 0 Å². The van der Waals surface area contributed by atoms with Gasteiger partial charge in [-0.05, 0) is 33.6 Å². The lowest BCUT2D eigenvalue weighted by Crippen LogP contribution is -2.13. The van der Waals surface area contributed by atoms with Crippen LogP contribution in [0.5, 0.6) is 0 Å². The molecule has 0 aromatic carbocycles. The Morgan fingerprint density at radius 1 is 1.50 bits per heavy atom. The van der Waals surface area contributed by atoms with E-state index in [4.69, 9.17) is 4.74 Å². The summed E-state index contributed by atoms with van der Waals surface area (Å²) >= 11 is 0. The molecule has 0 bridgehead atoms. The molecule has 1 aliphatic rings. The van der Waals surface area contributed by atoms with Gasteiger partial charge in [0.1, 0.15) is 0 Å². The molecule has 0 saturated carbocycles. The third kappa shape index (κ3) is 3.88. The van der Waals surface area contributed by atoms with Gasteiger partial charge in [-0.2, -0.15) is 0 Å². The molecule has 2 atom stereocenters. The Labute approximate surface area is 74.2 Å². The van der Waals surface area contributed by atoms with Crippen molar-refractivity contribution in [3.63, 3.8) is 0 Å². The minimum Gasteiger partial charge on any atom is -0.386 e. The molecule has 0 amide bonds. The van der Waals surface area contributed by atoms with E-state index in [-0.39, 0.29) is 0 Å². The Bertz CT molecular complexity index is 167. The molecule has 0 aliphatic carbocycles. The van der Waals surface area contributed by atoms with Crippen molar-refractivity contribution in [2.24, 2.45) is 0 Å². The Morgan fingerprint density at radius 2 is 2.08 bits per heavy atom. The van der Waals surface area contributed by atoms with Crippen molar-refractivity contribution in [2.75, 3.05) is 0 Å². The zero-order chi connectivity index (χ0) is 9.19.